The van der Waals surface area contributed by atoms with Crippen LogP contribution in [0.2, 0.25) is 5.02 Å². The summed E-state index contributed by atoms with van der Waals surface area (Å²) in [7, 11) is 0. The number of nitro benzene ring substituents is 1. The van der Waals surface area contributed by atoms with Crippen LogP contribution in [0.4, 0.5) is 18.9 Å². The summed E-state index contributed by atoms with van der Waals surface area (Å²) in [5.41, 5.74) is 0.859. The van der Waals surface area contributed by atoms with E-state index in [1.54, 1.807) is 18.2 Å². The lowest BCUT2D eigenvalue weighted by Crippen LogP contribution is -2.41. The molecule has 9 heteroatoms. The lowest BCUT2D eigenvalue weighted by Gasteiger charge is -2.24. The molecular weight excluding hydrogens is 373 g/mol. The minimum Gasteiger partial charge on any atom is -0.330 e. The van der Waals surface area contributed by atoms with Crippen molar-refractivity contribution < 1.29 is 22.9 Å². The Balaban J connectivity index is 2.14. The maximum atomic E-state index is 12.9. The van der Waals surface area contributed by atoms with E-state index in [-0.39, 0.29) is 30.2 Å². The summed E-state index contributed by atoms with van der Waals surface area (Å²) in [5.74, 6) is -1.96. The van der Waals surface area contributed by atoms with E-state index in [1.165, 1.54) is 30.3 Å². The van der Waals surface area contributed by atoms with Crippen molar-refractivity contribution in [3.8, 4) is 0 Å². The third kappa shape index (κ3) is 5.19. The van der Waals surface area contributed by atoms with Crippen molar-refractivity contribution in [1.29, 1.82) is 0 Å². The van der Waals surface area contributed by atoms with Crippen LogP contribution in [-0.2, 0) is 17.8 Å². The van der Waals surface area contributed by atoms with Crippen molar-refractivity contribution >= 4 is 23.2 Å². The molecule has 26 heavy (non-hydrogen) atoms. The molecule has 0 N–H and O–H groups in total. The maximum Gasteiger partial charge on any atom is 0.471 e. The van der Waals surface area contributed by atoms with Gasteiger partial charge in [0.2, 0.25) is 0 Å². The Labute approximate surface area is 152 Å². The maximum absolute atomic E-state index is 12.9. The smallest absolute Gasteiger partial charge is 0.330 e. The predicted molar refractivity (Wildman–Crippen MR) is 89.7 cm³/mol. The zero-order valence-corrected chi connectivity index (χ0v) is 14.1. The van der Waals surface area contributed by atoms with Crippen LogP contribution in [0.15, 0.2) is 48.5 Å². The third-order valence-electron chi connectivity index (χ3n) is 3.67. The fraction of sp³-hybridized carbons (Fsp3) is 0.235. The van der Waals surface area contributed by atoms with E-state index >= 15 is 0 Å². The molecule has 0 unspecified atom stereocenters. The number of hydrogen-bond donors (Lipinski definition) is 0. The molecule has 5 nitrogen and oxygen atoms in total. The van der Waals surface area contributed by atoms with Gasteiger partial charge in [0.15, 0.2) is 0 Å². The zero-order chi connectivity index (χ0) is 19.3. The second-order valence-corrected chi connectivity index (χ2v) is 5.90. The summed E-state index contributed by atoms with van der Waals surface area (Å²) < 4.78 is 38.6. The molecule has 0 bridgehead atoms. The Morgan fingerprint density at radius 1 is 1.12 bits per heavy atom. The van der Waals surface area contributed by atoms with Crippen LogP contribution in [0, 0.1) is 10.1 Å². The van der Waals surface area contributed by atoms with Gasteiger partial charge in [0, 0.05) is 30.2 Å². The number of rotatable bonds is 6. The Morgan fingerprint density at radius 2 is 1.73 bits per heavy atom. The van der Waals surface area contributed by atoms with E-state index in [4.69, 9.17) is 11.6 Å². The van der Waals surface area contributed by atoms with Gasteiger partial charge in [0.1, 0.15) is 0 Å². The van der Waals surface area contributed by atoms with Crippen molar-refractivity contribution in [3.05, 3.63) is 74.8 Å². The van der Waals surface area contributed by atoms with Gasteiger partial charge in [-0.3, -0.25) is 14.9 Å². The van der Waals surface area contributed by atoms with E-state index in [1.807, 2.05) is 0 Å². The second kappa shape index (κ2) is 8.18. The number of alkyl halides is 3. The van der Waals surface area contributed by atoms with Crippen LogP contribution >= 0.6 is 11.6 Å². The molecular formula is C17H14ClF3N2O3. The fourth-order valence-corrected chi connectivity index (χ4v) is 2.51. The van der Waals surface area contributed by atoms with Gasteiger partial charge in [-0.05, 0) is 23.6 Å². The monoisotopic (exact) mass is 386 g/mol. The molecule has 0 spiro atoms. The summed E-state index contributed by atoms with van der Waals surface area (Å²) in [4.78, 5) is 22.4. The van der Waals surface area contributed by atoms with E-state index in [2.05, 4.69) is 0 Å². The number of carbonyl (C=O) groups excluding carboxylic acids is 1. The molecule has 0 saturated carbocycles. The molecule has 0 saturated heterocycles. The molecule has 0 aromatic heterocycles. The van der Waals surface area contributed by atoms with Crippen LogP contribution in [-0.4, -0.2) is 28.5 Å². The molecule has 2 aromatic carbocycles. The highest BCUT2D eigenvalue weighted by molar-refractivity contribution is 6.31. The molecule has 0 radical (unpaired) electrons. The van der Waals surface area contributed by atoms with Crippen molar-refractivity contribution in [2.24, 2.45) is 0 Å². The third-order valence-corrected chi connectivity index (χ3v) is 4.04. The first-order valence-electron chi connectivity index (χ1n) is 7.51. The van der Waals surface area contributed by atoms with Crippen molar-refractivity contribution in [2.45, 2.75) is 19.1 Å². The summed E-state index contributed by atoms with van der Waals surface area (Å²) in [5, 5.41) is 10.9. The number of non-ortho nitro benzene ring substituents is 1. The van der Waals surface area contributed by atoms with Crippen molar-refractivity contribution in [1.82, 2.24) is 4.90 Å². The fourth-order valence-electron chi connectivity index (χ4n) is 2.31. The molecule has 138 valence electrons. The van der Waals surface area contributed by atoms with Crippen LogP contribution < -0.4 is 0 Å². The average Bonchev–Trinajstić information content (AvgIpc) is 2.59. The van der Waals surface area contributed by atoms with Crippen molar-refractivity contribution in [2.75, 3.05) is 6.54 Å². The van der Waals surface area contributed by atoms with Gasteiger partial charge in [-0.1, -0.05) is 41.9 Å². The minimum absolute atomic E-state index is 0.115. The topological polar surface area (TPSA) is 63.5 Å². The first-order chi connectivity index (χ1) is 12.2. The van der Waals surface area contributed by atoms with Crippen LogP contribution in [0.1, 0.15) is 11.1 Å². The highest BCUT2D eigenvalue weighted by atomic mass is 35.5. The summed E-state index contributed by atoms with van der Waals surface area (Å²) in [6, 6.07) is 11.8. The van der Waals surface area contributed by atoms with Gasteiger partial charge in [-0.15, -0.1) is 0 Å². The Morgan fingerprint density at radius 3 is 2.27 bits per heavy atom. The number of halogens is 4. The Bertz CT molecular complexity index is 795. The number of amides is 1. The lowest BCUT2D eigenvalue weighted by molar-refractivity contribution is -0.384. The molecule has 2 aromatic rings. The van der Waals surface area contributed by atoms with Gasteiger partial charge in [-0.2, -0.15) is 13.2 Å². The first kappa shape index (κ1) is 19.7. The average molecular weight is 387 g/mol. The summed E-state index contributed by atoms with van der Waals surface area (Å²) in [6.45, 7) is -0.494. The largest absolute Gasteiger partial charge is 0.471 e. The molecule has 1 amide bonds. The normalized spacial score (nSPS) is 11.2. The van der Waals surface area contributed by atoms with E-state index in [9.17, 15) is 28.1 Å². The highest BCUT2D eigenvalue weighted by Gasteiger charge is 2.42. The second-order valence-electron chi connectivity index (χ2n) is 5.49. The van der Waals surface area contributed by atoms with E-state index in [0.717, 1.165) is 0 Å². The zero-order valence-electron chi connectivity index (χ0n) is 13.4. The van der Waals surface area contributed by atoms with E-state index < -0.39 is 17.0 Å². The summed E-state index contributed by atoms with van der Waals surface area (Å²) in [6.07, 6.45) is -4.89. The van der Waals surface area contributed by atoms with Gasteiger partial charge < -0.3 is 4.90 Å². The summed E-state index contributed by atoms with van der Waals surface area (Å²) >= 11 is 5.97. The van der Waals surface area contributed by atoms with Gasteiger partial charge in [0.25, 0.3) is 5.69 Å². The van der Waals surface area contributed by atoms with Gasteiger partial charge >= 0.3 is 12.1 Å². The molecule has 0 aliphatic carbocycles. The van der Waals surface area contributed by atoms with Crippen LogP contribution in [0.25, 0.3) is 0 Å². The molecule has 0 atom stereocenters. The molecule has 0 heterocycles. The van der Waals surface area contributed by atoms with Crippen LogP contribution in [0.3, 0.4) is 0 Å². The standard InChI is InChI=1S/C17H14ClF3N2O3/c18-15-4-2-1-3-13(15)11-22(16(24)17(19,20)21)10-9-12-5-7-14(8-6-12)23(25)26/h1-8H,9-11H2. The Hall–Kier alpha value is -2.61. The number of hydrogen-bond acceptors (Lipinski definition) is 3. The van der Waals surface area contributed by atoms with E-state index in [0.29, 0.717) is 16.0 Å². The van der Waals surface area contributed by atoms with Gasteiger partial charge in [-0.25, -0.2) is 0 Å². The highest BCUT2D eigenvalue weighted by Crippen LogP contribution is 2.23. The lowest BCUT2D eigenvalue weighted by atomic mass is 10.1. The van der Waals surface area contributed by atoms with Crippen LogP contribution in [0.5, 0.6) is 0 Å². The first-order valence-corrected chi connectivity index (χ1v) is 7.89. The number of nitro groups is 1. The Kier molecular flexibility index (Phi) is 6.20. The molecule has 2 rings (SSSR count). The molecule has 0 aliphatic rings. The number of benzene rings is 2. The number of carbonyl (C=O) groups is 1. The SMILES string of the molecule is O=C(N(CCc1ccc([N+](=O)[O-])cc1)Cc1ccccc1Cl)C(F)(F)F. The minimum atomic E-state index is -5.00. The molecule has 0 fully saturated rings. The predicted octanol–water partition coefficient (Wildman–Crippen LogP) is 4.38. The molecule has 0 aliphatic heterocycles. The van der Waals surface area contributed by atoms with Crippen molar-refractivity contribution in [3.63, 3.8) is 0 Å². The quantitative estimate of drug-likeness (QED) is 0.546. The van der Waals surface area contributed by atoms with Gasteiger partial charge in [0.05, 0.1) is 4.92 Å². The number of nitrogens with zero attached hydrogens (tertiary/aromatic N) is 2.